The highest BCUT2D eigenvalue weighted by Crippen LogP contribution is 2.56. The summed E-state index contributed by atoms with van der Waals surface area (Å²) in [5.41, 5.74) is 16.7. The normalized spacial score (nSPS) is 12.7. The van der Waals surface area contributed by atoms with Crippen molar-refractivity contribution in [3.8, 4) is 33.4 Å². The van der Waals surface area contributed by atoms with Crippen LogP contribution in [-0.4, -0.2) is 0 Å². The molecule has 0 radical (unpaired) electrons. The van der Waals surface area contributed by atoms with Crippen LogP contribution in [0.15, 0.2) is 229 Å². The number of hydrogen-bond acceptors (Lipinski definition) is 2. The Bertz CT molecular complexity index is 3030. The fourth-order valence-electron chi connectivity index (χ4n) is 9.28. The summed E-state index contributed by atoms with van der Waals surface area (Å²) in [7, 11) is 0. The molecule has 0 bridgehead atoms. The molecule has 9 aromatic carbocycles. The van der Waals surface area contributed by atoms with E-state index in [1.54, 1.807) is 0 Å². The Morgan fingerprint density at radius 3 is 1.61 bits per heavy atom. The van der Waals surface area contributed by atoms with Crippen molar-refractivity contribution in [3.63, 3.8) is 0 Å². The molecule has 57 heavy (non-hydrogen) atoms. The predicted octanol–water partition coefficient (Wildman–Crippen LogP) is 14.8. The molecule has 1 aliphatic rings. The Morgan fingerprint density at radius 1 is 0.351 bits per heavy atom. The average molecular weight is 728 g/mol. The fourth-order valence-corrected chi connectivity index (χ4v) is 9.28. The van der Waals surface area contributed by atoms with Gasteiger partial charge in [0.1, 0.15) is 11.2 Å². The van der Waals surface area contributed by atoms with Gasteiger partial charge in [-0.1, -0.05) is 176 Å². The van der Waals surface area contributed by atoms with E-state index in [2.05, 4.69) is 229 Å². The van der Waals surface area contributed by atoms with E-state index in [4.69, 9.17) is 4.42 Å². The first-order valence-corrected chi connectivity index (χ1v) is 19.6. The minimum absolute atomic E-state index is 0.501. The van der Waals surface area contributed by atoms with Crippen molar-refractivity contribution in [2.45, 2.75) is 5.41 Å². The third kappa shape index (κ3) is 5.26. The highest BCUT2D eigenvalue weighted by molar-refractivity contribution is 6.13. The summed E-state index contributed by atoms with van der Waals surface area (Å²) in [6.45, 7) is 0. The van der Waals surface area contributed by atoms with E-state index >= 15 is 0 Å². The van der Waals surface area contributed by atoms with Crippen molar-refractivity contribution in [1.82, 2.24) is 0 Å². The molecule has 0 saturated heterocycles. The average Bonchev–Trinajstić information content (AvgIpc) is 3.82. The van der Waals surface area contributed by atoms with Crippen molar-refractivity contribution in [2.75, 3.05) is 4.90 Å². The van der Waals surface area contributed by atoms with Crippen LogP contribution in [0.4, 0.5) is 17.1 Å². The molecule has 0 spiro atoms. The second-order valence-corrected chi connectivity index (χ2v) is 14.8. The lowest BCUT2D eigenvalue weighted by Crippen LogP contribution is -2.28. The first-order chi connectivity index (χ1) is 28.3. The summed E-state index contributed by atoms with van der Waals surface area (Å²) in [6, 6.07) is 80.9. The summed E-state index contributed by atoms with van der Waals surface area (Å²) >= 11 is 0. The first kappa shape index (κ1) is 33.0. The zero-order valence-corrected chi connectivity index (χ0v) is 31.2. The maximum atomic E-state index is 6.89. The first-order valence-electron chi connectivity index (χ1n) is 19.6. The number of benzene rings is 9. The molecule has 0 aliphatic heterocycles. The minimum atomic E-state index is -0.501. The molecule has 0 saturated carbocycles. The van der Waals surface area contributed by atoms with Gasteiger partial charge in [-0.2, -0.15) is 0 Å². The molecule has 1 aromatic heterocycles. The quantitative estimate of drug-likeness (QED) is 0.163. The zero-order valence-electron chi connectivity index (χ0n) is 31.2. The molecule has 10 aromatic rings. The second kappa shape index (κ2) is 13.4. The van der Waals surface area contributed by atoms with E-state index in [0.717, 1.165) is 44.6 Å². The van der Waals surface area contributed by atoms with Gasteiger partial charge in [0.2, 0.25) is 0 Å². The van der Waals surface area contributed by atoms with Gasteiger partial charge in [-0.05, 0) is 104 Å². The lowest BCUT2D eigenvalue weighted by molar-refractivity contribution is 0.665. The van der Waals surface area contributed by atoms with Gasteiger partial charge < -0.3 is 9.32 Å². The van der Waals surface area contributed by atoms with Gasteiger partial charge in [-0.25, -0.2) is 0 Å². The topological polar surface area (TPSA) is 16.4 Å². The van der Waals surface area contributed by atoms with Crippen molar-refractivity contribution < 1.29 is 4.42 Å². The number of rotatable bonds is 7. The van der Waals surface area contributed by atoms with Gasteiger partial charge in [0.25, 0.3) is 0 Å². The van der Waals surface area contributed by atoms with Crippen LogP contribution in [0, 0.1) is 0 Å². The summed E-state index contributed by atoms with van der Waals surface area (Å²) in [5.74, 6) is 0. The van der Waals surface area contributed by atoms with Crippen LogP contribution in [0.5, 0.6) is 0 Å². The van der Waals surface area contributed by atoms with Crippen LogP contribution in [0.1, 0.15) is 22.3 Å². The molecule has 0 N–H and O–H groups in total. The van der Waals surface area contributed by atoms with Gasteiger partial charge in [0, 0.05) is 16.8 Å². The summed E-state index contributed by atoms with van der Waals surface area (Å²) in [4.78, 5) is 2.37. The Labute approximate surface area is 332 Å². The molecule has 0 amide bonds. The number of nitrogens with zero attached hydrogens (tertiary/aromatic N) is 1. The van der Waals surface area contributed by atoms with E-state index in [1.165, 1.54) is 50.1 Å². The lowest BCUT2D eigenvalue weighted by Gasteiger charge is -2.33. The van der Waals surface area contributed by atoms with E-state index in [-0.39, 0.29) is 0 Å². The van der Waals surface area contributed by atoms with E-state index in [9.17, 15) is 0 Å². The van der Waals surface area contributed by atoms with Crippen molar-refractivity contribution >= 4 is 39.0 Å². The molecule has 1 aliphatic carbocycles. The molecule has 1 heterocycles. The second-order valence-electron chi connectivity index (χ2n) is 14.8. The van der Waals surface area contributed by atoms with Gasteiger partial charge in [0.05, 0.1) is 16.5 Å². The van der Waals surface area contributed by atoms with Gasteiger partial charge in [-0.15, -0.1) is 0 Å². The minimum Gasteiger partial charge on any atom is -0.456 e. The molecule has 0 atom stereocenters. The van der Waals surface area contributed by atoms with E-state index < -0.39 is 5.41 Å². The number of fused-ring (bicyclic) bond motifs is 6. The van der Waals surface area contributed by atoms with Crippen molar-refractivity contribution in [3.05, 3.63) is 247 Å². The molecular formula is C55H37NO. The van der Waals surface area contributed by atoms with Crippen molar-refractivity contribution in [2.24, 2.45) is 0 Å². The van der Waals surface area contributed by atoms with Crippen molar-refractivity contribution in [1.29, 1.82) is 0 Å². The molecule has 268 valence electrons. The van der Waals surface area contributed by atoms with Crippen LogP contribution in [-0.2, 0) is 5.41 Å². The number of anilines is 3. The Morgan fingerprint density at radius 2 is 0.895 bits per heavy atom. The number of furan rings is 1. The highest BCUT2D eigenvalue weighted by Gasteiger charge is 2.46. The third-order valence-corrected chi connectivity index (χ3v) is 11.7. The maximum absolute atomic E-state index is 6.89. The lowest BCUT2D eigenvalue weighted by atomic mass is 9.67. The maximum Gasteiger partial charge on any atom is 0.137 e. The van der Waals surface area contributed by atoms with Gasteiger partial charge in [0.15, 0.2) is 0 Å². The van der Waals surface area contributed by atoms with E-state index in [1.807, 2.05) is 0 Å². The van der Waals surface area contributed by atoms with Gasteiger partial charge in [-0.3, -0.25) is 0 Å². The van der Waals surface area contributed by atoms with Gasteiger partial charge >= 0.3 is 0 Å². The largest absolute Gasteiger partial charge is 0.456 e. The van der Waals surface area contributed by atoms with E-state index in [0.29, 0.717) is 0 Å². The predicted molar refractivity (Wildman–Crippen MR) is 237 cm³/mol. The summed E-state index contributed by atoms with van der Waals surface area (Å²) < 4.78 is 6.89. The standard InChI is InChI=1S/C55H37NO/c1-4-17-38(18-5-1)39-19-14-20-40(35-39)41-21-15-26-45(36-41)56(44-24-8-3-9-25-44)51-31-16-32-52-54(51)48-34-33-43(37-53(48)57-52)55(42-22-6-2-7-23-42)49-29-12-10-27-46(49)47-28-11-13-30-50(47)55/h1-37H. The SMILES string of the molecule is c1ccc(-c2cccc(-c3cccc(N(c4ccccc4)c4cccc5oc6cc(C7(c8ccccc8)c8ccccc8-c8ccccc87)ccc6c45)c3)c2)cc1. The van der Waals surface area contributed by atoms with Crippen LogP contribution in [0.3, 0.4) is 0 Å². The smallest absolute Gasteiger partial charge is 0.137 e. The fraction of sp³-hybridized carbons (Fsp3) is 0.0182. The number of para-hydroxylation sites is 1. The molecule has 11 rings (SSSR count). The Balaban J connectivity index is 1.09. The van der Waals surface area contributed by atoms with Crippen LogP contribution in [0.25, 0.3) is 55.3 Å². The summed E-state index contributed by atoms with van der Waals surface area (Å²) in [5, 5.41) is 2.17. The molecule has 0 unspecified atom stereocenters. The Kier molecular flexibility index (Phi) is 7.75. The molecule has 2 nitrogen and oxygen atoms in total. The van der Waals surface area contributed by atoms with Crippen LogP contribution >= 0.6 is 0 Å². The molecule has 2 heteroatoms. The molecule has 0 fully saturated rings. The number of hydrogen-bond donors (Lipinski definition) is 0. The monoisotopic (exact) mass is 727 g/mol. The highest BCUT2D eigenvalue weighted by atomic mass is 16.3. The third-order valence-electron chi connectivity index (χ3n) is 11.7. The van der Waals surface area contributed by atoms with Crippen LogP contribution < -0.4 is 4.90 Å². The zero-order chi connectivity index (χ0) is 37.8. The molecular weight excluding hydrogens is 691 g/mol. The Hall–Kier alpha value is -7.42. The summed E-state index contributed by atoms with van der Waals surface area (Å²) in [6.07, 6.45) is 0. The van der Waals surface area contributed by atoms with Crippen LogP contribution in [0.2, 0.25) is 0 Å².